The molecule has 0 aliphatic rings. The van der Waals surface area contributed by atoms with Crippen LogP contribution in [0.2, 0.25) is 0 Å². The highest BCUT2D eigenvalue weighted by Gasteiger charge is 2.31. The topological polar surface area (TPSA) is 30.0 Å². The minimum absolute atomic E-state index is 0.255. The normalized spacial score (nSPS) is 11.4. The summed E-state index contributed by atoms with van der Waals surface area (Å²) < 4.78 is 37.7. The smallest absolute Gasteiger partial charge is 0.289 e. The van der Waals surface area contributed by atoms with Crippen molar-refractivity contribution in [3.8, 4) is 0 Å². The Balaban J connectivity index is 2.41. The van der Waals surface area contributed by atoms with Gasteiger partial charge >= 0.3 is 6.18 Å². The fraction of sp³-hybridized carbons (Fsp3) is 0.200. The maximum Gasteiger partial charge on any atom is 0.416 e. The molecule has 5 heteroatoms. The van der Waals surface area contributed by atoms with E-state index in [1.165, 1.54) is 19.2 Å². The number of pyridine rings is 1. The highest BCUT2D eigenvalue weighted by Crippen LogP contribution is 2.30. The second-order valence-electron chi connectivity index (χ2n) is 4.61. The van der Waals surface area contributed by atoms with Crippen molar-refractivity contribution in [3.05, 3.63) is 64.5 Å². The summed E-state index contributed by atoms with van der Waals surface area (Å²) in [5, 5.41) is 0. The van der Waals surface area contributed by atoms with Crippen molar-refractivity contribution in [2.75, 3.05) is 0 Å². The van der Waals surface area contributed by atoms with Gasteiger partial charge < -0.3 is 0 Å². The van der Waals surface area contributed by atoms with E-state index in [1.807, 2.05) is 0 Å². The number of hydrogen-bond donors (Lipinski definition) is 0. The molecule has 0 unspecified atom stereocenters. The van der Waals surface area contributed by atoms with Crippen molar-refractivity contribution in [1.29, 1.82) is 0 Å². The van der Waals surface area contributed by atoms with Crippen LogP contribution in [0.1, 0.15) is 32.6 Å². The van der Waals surface area contributed by atoms with E-state index < -0.39 is 11.7 Å². The third-order valence-electron chi connectivity index (χ3n) is 2.94. The summed E-state index contributed by atoms with van der Waals surface area (Å²) in [6.45, 7) is 3.29. The number of rotatable bonds is 2. The van der Waals surface area contributed by atoms with Gasteiger partial charge in [-0.2, -0.15) is 13.2 Å². The van der Waals surface area contributed by atoms with Crippen molar-refractivity contribution in [2.24, 2.45) is 0 Å². The van der Waals surface area contributed by atoms with E-state index >= 15 is 0 Å². The van der Waals surface area contributed by atoms with Crippen molar-refractivity contribution in [3.63, 3.8) is 0 Å². The van der Waals surface area contributed by atoms with Gasteiger partial charge in [-0.05, 0) is 43.2 Å². The number of benzene rings is 1. The van der Waals surface area contributed by atoms with Gasteiger partial charge in [0, 0.05) is 23.5 Å². The van der Waals surface area contributed by atoms with Gasteiger partial charge in [0.15, 0.2) is 5.78 Å². The Morgan fingerprint density at radius 1 is 1.10 bits per heavy atom. The van der Waals surface area contributed by atoms with Crippen molar-refractivity contribution in [1.82, 2.24) is 4.98 Å². The number of halogens is 3. The van der Waals surface area contributed by atoms with E-state index in [0.717, 1.165) is 17.7 Å². The number of hydrogen-bond acceptors (Lipinski definition) is 2. The maximum absolute atomic E-state index is 12.6. The third kappa shape index (κ3) is 2.87. The van der Waals surface area contributed by atoms with Crippen LogP contribution in [0.5, 0.6) is 0 Å². The molecule has 0 radical (unpaired) electrons. The molecule has 2 aromatic rings. The largest absolute Gasteiger partial charge is 0.416 e. The maximum atomic E-state index is 12.6. The van der Waals surface area contributed by atoms with Crippen LogP contribution in [0.4, 0.5) is 13.2 Å². The molecule has 0 saturated heterocycles. The number of aryl methyl sites for hydroxylation is 2. The van der Waals surface area contributed by atoms with Gasteiger partial charge in [-0.1, -0.05) is 6.07 Å². The molecule has 2 rings (SSSR count). The van der Waals surface area contributed by atoms with Gasteiger partial charge in [-0.15, -0.1) is 0 Å². The van der Waals surface area contributed by atoms with Gasteiger partial charge in [0.2, 0.25) is 0 Å². The first-order chi connectivity index (χ1) is 9.29. The number of aromatic nitrogens is 1. The van der Waals surface area contributed by atoms with E-state index in [4.69, 9.17) is 0 Å². The Morgan fingerprint density at radius 3 is 2.35 bits per heavy atom. The SMILES string of the molecule is Cc1cncc(C(=O)c2ccc(C(F)(F)F)cc2C)c1. The van der Waals surface area contributed by atoms with Crippen molar-refractivity contribution >= 4 is 5.78 Å². The summed E-state index contributed by atoms with van der Waals surface area (Å²) in [5.74, 6) is -0.326. The number of ketones is 1. The van der Waals surface area contributed by atoms with Gasteiger partial charge in [0.1, 0.15) is 0 Å². The average Bonchev–Trinajstić information content (AvgIpc) is 2.36. The first-order valence-electron chi connectivity index (χ1n) is 5.93. The first kappa shape index (κ1) is 14.2. The van der Waals surface area contributed by atoms with Crippen LogP contribution < -0.4 is 0 Å². The summed E-state index contributed by atoms with van der Waals surface area (Å²) in [4.78, 5) is 16.2. The minimum Gasteiger partial charge on any atom is -0.289 e. The molecule has 0 saturated carbocycles. The molecule has 2 nitrogen and oxygen atoms in total. The third-order valence-corrected chi connectivity index (χ3v) is 2.94. The van der Waals surface area contributed by atoms with E-state index in [1.54, 1.807) is 19.2 Å². The van der Waals surface area contributed by atoms with E-state index in [9.17, 15) is 18.0 Å². The highest BCUT2D eigenvalue weighted by atomic mass is 19.4. The second kappa shape index (κ2) is 5.07. The van der Waals surface area contributed by atoms with Crippen LogP contribution in [0, 0.1) is 13.8 Å². The lowest BCUT2D eigenvalue weighted by molar-refractivity contribution is -0.137. The first-order valence-corrected chi connectivity index (χ1v) is 5.93. The van der Waals surface area contributed by atoms with Crippen LogP contribution in [-0.4, -0.2) is 10.8 Å². The van der Waals surface area contributed by atoms with Crippen LogP contribution in [0.3, 0.4) is 0 Å². The second-order valence-corrected chi connectivity index (χ2v) is 4.61. The monoisotopic (exact) mass is 279 g/mol. The predicted octanol–water partition coefficient (Wildman–Crippen LogP) is 3.95. The highest BCUT2D eigenvalue weighted by molar-refractivity contribution is 6.09. The molecule has 0 N–H and O–H groups in total. The molecule has 0 atom stereocenters. The zero-order chi connectivity index (χ0) is 14.9. The zero-order valence-electron chi connectivity index (χ0n) is 11.0. The molecule has 104 valence electrons. The number of alkyl halides is 3. The quantitative estimate of drug-likeness (QED) is 0.779. The summed E-state index contributed by atoms with van der Waals surface area (Å²) in [6.07, 6.45) is -1.39. The molecule has 0 aliphatic carbocycles. The summed E-state index contributed by atoms with van der Waals surface area (Å²) >= 11 is 0. The van der Waals surface area contributed by atoms with Crippen LogP contribution in [-0.2, 0) is 6.18 Å². The number of carbonyl (C=O) groups excluding carboxylic acids is 1. The Bertz CT molecular complexity index is 662. The summed E-state index contributed by atoms with van der Waals surface area (Å²) in [7, 11) is 0. The zero-order valence-corrected chi connectivity index (χ0v) is 11.0. The van der Waals surface area contributed by atoms with Crippen molar-refractivity contribution in [2.45, 2.75) is 20.0 Å². The standard InChI is InChI=1S/C15H12F3NO/c1-9-5-11(8-19-7-9)14(20)13-4-3-12(6-10(13)2)15(16,17)18/h3-8H,1-2H3. The molecule has 1 heterocycles. The molecule has 0 aliphatic heterocycles. The Labute approximate surface area is 114 Å². The van der Waals surface area contributed by atoms with Gasteiger partial charge in [0.25, 0.3) is 0 Å². The molecule has 1 aromatic carbocycles. The lowest BCUT2D eigenvalue weighted by Crippen LogP contribution is -2.09. The molecular formula is C15H12F3NO. The molecule has 0 amide bonds. The molecule has 0 bridgehead atoms. The molecular weight excluding hydrogens is 267 g/mol. The average molecular weight is 279 g/mol. The van der Waals surface area contributed by atoms with E-state index in [0.29, 0.717) is 11.1 Å². The Morgan fingerprint density at radius 2 is 1.80 bits per heavy atom. The molecule has 0 fully saturated rings. The van der Waals surface area contributed by atoms with Gasteiger partial charge in [0.05, 0.1) is 5.56 Å². The van der Waals surface area contributed by atoms with Gasteiger partial charge in [-0.3, -0.25) is 9.78 Å². The van der Waals surface area contributed by atoms with Crippen LogP contribution in [0.15, 0.2) is 36.7 Å². The number of carbonyl (C=O) groups is 1. The molecule has 1 aromatic heterocycles. The number of nitrogens with zero attached hydrogens (tertiary/aromatic N) is 1. The fourth-order valence-electron chi connectivity index (χ4n) is 1.93. The van der Waals surface area contributed by atoms with Crippen LogP contribution in [0.25, 0.3) is 0 Å². The molecule has 20 heavy (non-hydrogen) atoms. The van der Waals surface area contributed by atoms with E-state index in [-0.39, 0.29) is 11.3 Å². The predicted molar refractivity (Wildman–Crippen MR) is 68.6 cm³/mol. The van der Waals surface area contributed by atoms with Gasteiger partial charge in [-0.25, -0.2) is 0 Å². The van der Waals surface area contributed by atoms with E-state index in [2.05, 4.69) is 4.98 Å². The Hall–Kier alpha value is -2.17. The van der Waals surface area contributed by atoms with Crippen molar-refractivity contribution < 1.29 is 18.0 Å². The fourth-order valence-corrected chi connectivity index (χ4v) is 1.93. The lowest BCUT2D eigenvalue weighted by Gasteiger charge is -2.10. The Kier molecular flexibility index (Phi) is 3.61. The lowest BCUT2D eigenvalue weighted by atomic mass is 9.97. The molecule has 0 spiro atoms. The summed E-state index contributed by atoms with van der Waals surface area (Å²) in [5.41, 5.74) is 0.985. The van der Waals surface area contributed by atoms with Crippen LogP contribution >= 0.6 is 0 Å². The summed E-state index contributed by atoms with van der Waals surface area (Å²) in [6, 6.07) is 4.77. The minimum atomic E-state index is -4.41.